The van der Waals surface area contributed by atoms with E-state index in [1.165, 1.54) is 5.69 Å². The number of likely N-dealkylation sites (tertiary alicyclic amines) is 1. The van der Waals surface area contributed by atoms with Crippen LogP contribution in [0.3, 0.4) is 0 Å². The topological polar surface area (TPSA) is 58.4 Å². The van der Waals surface area contributed by atoms with Gasteiger partial charge in [0.2, 0.25) is 0 Å². The second-order valence-electron chi connectivity index (χ2n) is 5.56. The average molecular weight is 265 g/mol. The summed E-state index contributed by atoms with van der Waals surface area (Å²) in [6.07, 6.45) is 5.05. The summed E-state index contributed by atoms with van der Waals surface area (Å²) in [5, 5.41) is 13.6. The maximum atomic E-state index is 11.5. The Labute approximate surface area is 114 Å². The van der Waals surface area contributed by atoms with Crippen LogP contribution >= 0.6 is 0 Å². The molecule has 1 saturated heterocycles. The summed E-state index contributed by atoms with van der Waals surface area (Å²) < 4.78 is 1.88. The van der Waals surface area contributed by atoms with Gasteiger partial charge in [-0.1, -0.05) is 13.3 Å². The zero-order valence-electron chi connectivity index (χ0n) is 11.8. The molecule has 106 valence electrons. The highest BCUT2D eigenvalue weighted by atomic mass is 16.4. The fourth-order valence-corrected chi connectivity index (χ4v) is 2.97. The molecule has 1 N–H and O–H groups in total. The second-order valence-corrected chi connectivity index (χ2v) is 5.56. The van der Waals surface area contributed by atoms with Gasteiger partial charge >= 0.3 is 5.97 Å². The van der Waals surface area contributed by atoms with Gasteiger partial charge < -0.3 is 5.11 Å². The van der Waals surface area contributed by atoms with Crippen LogP contribution in [-0.2, 0) is 18.4 Å². The first-order chi connectivity index (χ1) is 9.07. The van der Waals surface area contributed by atoms with E-state index in [0.29, 0.717) is 0 Å². The van der Waals surface area contributed by atoms with Crippen LogP contribution in [0.2, 0.25) is 0 Å². The third-order valence-corrected chi connectivity index (χ3v) is 4.30. The third kappa shape index (κ3) is 2.97. The maximum absolute atomic E-state index is 11.5. The molecule has 0 spiro atoms. The van der Waals surface area contributed by atoms with Crippen LogP contribution in [0.5, 0.6) is 0 Å². The van der Waals surface area contributed by atoms with E-state index >= 15 is 0 Å². The van der Waals surface area contributed by atoms with Gasteiger partial charge in [-0.2, -0.15) is 5.10 Å². The van der Waals surface area contributed by atoms with E-state index in [-0.39, 0.29) is 0 Å². The van der Waals surface area contributed by atoms with Gasteiger partial charge in [-0.25, -0.2) is 0 Å². The van der Waals surface area contributed by atoms with Gasteiger partial charge in [-0.3, -0.25) is 14.4 Å². The largest absolute Gasteiger partial charge is 0.481 e. The number of aromatic nitrogens is 2. The molecular weight excluding hydrogens is 242 g/mol. The van der Waals surface area contributed by atoms with Crippen LogP contribution < -0.4 is 0 Å². The molecule has 2 heterocycles. The number of piperidine rings is 1. The Morgan fingerprint density at radius 1 is 1.47 bits per heavy atom. The molecule has 1 aliphatic rings. The molecule has 0 amide bonds. The summed E-state index contributed by atoms with van der Waals surface area (Å²) in [6.45, 7) is 4.64. The van der Waals surface area contributed by atoms with Crippen molar-refractivity contribution in [2.24, 2.45) is 12.5 Å². The molecule has 1 aliphatic heterocycles. The molecule has 0 saturated carbocycles. The number of carboxylic acids is 1. The van der Waals surface area contributed by atoms with Crippen molar-refractivity contribution in [1.82, 2.24) is 14.7 Å². The van der Waals surface area contributed by atoms with Crippen molar-refractivity contribution in [3.63, 3.8) is 0 Å². The molecule has 0 aliphatic carbocycles. The third-order valence-electron chi connectivity index (χ3n) is 4.30. The van der Waals surface area contributed by atoms with E-state index in [1.54, 1.807) is 6.20 Å². The highest BCUT2D eigenvalue weighted by molar-refractivity contribution is 5.74. The predicted octanol–water partition coefficient (Wildman–Crippen LogP) is 1.89. The first kappa shape index (κ1) is 14.1. The lowest BCUT2D eigenvalue weighted by Gasteiger charge is -2.38. The van der Waals surface area contributed by atoms with Crippen LogP contribution in [0.1, 0.15) is 38.3 Å². The average Bonchev–Trinajstić information content (AvgIpc) is 2.78. The first-order valence-corrected chi connectivity index (χ1v) is 7.00. The molecule has 0 atom stereocenters. The molecule has 1 aromatic rings. The van der Waals surface area contributed by atoms with Crippen molar-refractivity contribution in [3.05, 3.63) is 18.0 Å². The minimum absolute atomic E-state index is 0.488. The number of carbonyl (C=O) groups is 1. The van der Waals surface area contributed by atoms with Crippen molar-refractivity contribution in [2.75, 3.05) is 13.1 Å². The van der Waals surface area contributed by atoms with Gasteiger partial charge in [0.25, 0.3) is 0 Å². The van der Waals surface area contributed by atoms with Gasteiger partial charge in [0.1, 0.15) is 0 Å². The molecule has 1 fully saturated rings. The summed E-state index contributed by atoms with van der Waals surface area (Å²) in [5.74, 6) is -0.616. The van der Waals surface area contributed by atoms with Crippen LogP contribution in [0.4, 0.5) is 0 Å². The number of nitrogens with zero attached hydrogens (tertiary/aromatic N) is 3. The Kier molecular flexibility index (Phi) is 4.24. The maximum Gasteiger partial charge on any atom is 0.309 e. The van der Waals surface area contributed by atoms with Crippen LogP contribution in [0, 0.1) is 5.41 Å². The lowest BCUT2D eigenvalue weighted by Crippen LogP contribution is -2.44. The molecule has 0 radical (unpaired) electrons. The number of aliphatic carboxylic acids is 1. The van der Waals surface area contributed by atoms with Gasteiger partial charge in [0.15, 0.2) is 0 Å². The first-order valence-electron chi connectivity index (χ1n) is 7.00. The molecule has 0 bridgehead atoms. The van der Waals surface area contributed by atoms with E-state index in [2.05, 4.69) is 16.9 Å². The summed E-state index contributed by atoms with van der Waals surface area (Å²) in [7, 11) is 1.94. The molecule has 19 heavy (non-hydrogen) atoms. The molecule has 0 unspecified atom stereocenters. The zero-order chi connectivity index (χ0) is 13.9. The van der Waals surface area contributed by atoms with Gasteiger partial charge in [0, 0.05) is 19.8 Å². The Morgan fingerprint density at radius 3 is 2.63 bits per heavy atom. The second kappa shape index (κ2) is 5.74. The summed E-state index contributed by atoms with van der Waals surface area (Å²) in [5.41, 5.74) is 0.691. The Balaban J connectivity index is 1.94. The molecular formula is C14H23N3O2. The zero-order valence-corrected chi connectivity index (χ0v) is 11.8. The van der Waals surface area contributed by atoms with E-state index in [0.717, 1.165) is 45.3 Å². The number of aryl methyl sites for hydroxylation is 1. The summed E-state index contributed by atoms with van der Waals surface area (Å²) in [4.78, 5) is 13.8. The number of carboxylic acid groups (broad SMARTS) is 1. The van der Waals surface area contributed by atoms with Crippen molar-refractivity contribution >= 4 is 5.97 Å². The van der Waals surface area contributed by atoms with Gasteiger partial charge in [-0.15, -0.1) is 0 Å². The van der Waals surface area contributed by atoms with Crippen molar-refractivity contribution in [1.29, 1.82) is 0 Å². The quantitative estimate of drug-likeness (QED) is 0.883. The minimum Gasteiger partial charge on any atom is -0.481 e. The highest BCUT2D eigenvalue weighted by Crippen LogP contribution is 2.36. The van der Waals surface area contributed by atoms with Gasteiger partial charge in [-0.05, 0) is 38.4 Å². The van der Waals surface area contributed by atoms with Crippen molar-refractivity contribution < 1.29 is 9.90 Å². The molecule has 0 aromatic carbocycles. The van der Waals surface area contributed by atoms with Crippen LogP contribution in [0.25, 0.3) is 0 Å². The van der Waals surface area contributed by atoms with Crippen molar-refractivity contribution in [3.8, 4) is 0 Å². The van der Waals surface area contributed by atoms with Crippen LogP contribution in [-0.4, -0.2) is 38.8 Å². The van der Waals surface area contributed by atoms with E-state index in [9.17, 15) is 9.90 Å². The highest BCUT2D eigenvalue weighted by Gasteiger charge is 2.40. The SMILES string of the molecule is CCCC1(C(=O)O)CCN(Cc2ccnn2C)CC1. The van der Waals surface area contributed by atoms with E-state index < -0.39 is 11.4 Å². The minimum atomic E-state index is -0.616. The summed E-state index contributed by atoms with van der Waals surface area (Å²) in [6, 6.07) is 2.02. The molecule has 1 aromatic heterocycles. The monoisotopic (exact) mass is 265 g/mol. The van der Waals surface area contributed by atoms with Gasteiger partial charge in [0.05, 0.1) is 11.1 Å². The molecule has 2 rings (SSSR count). The van der Waals surface area contributed by atoms with Crippen molar-refractivity contribution in [2.45, 2.75) is 39.2 Å². The Hall–Kier alpha value is -1.36. The predicted molar refractivity (Wildman–Crippen MR) is 72.7 cm³/mol. The number of rotatable bonds is 5. The lowest BCUT2D eigenvalue weighted by molar-refractivity contribution is -0.152. The fourth-order valence-electron chi connectivity index (χ4n) is 2.97. The number of hydrogen-bond acceptors (Lipinski definition) is 3. The normalized spacial score (nSPS) is 19.5. The van der Waals surface area contributed by atoms with E-state index in [1.807, 2.05) is 17.8 Å². The standard InChI is InChI=1S/C14H23N3O2/c1-3-5-14(13(18)19)6-9-17(10-7-14)11-12-4-8-15-16(12)2/h4,8H,3,5-7,9-11H2,1-2H3,(H,18,19). The van der Waals surface area contributed by atoms with Crippen LogP contribution in [0.15, 0.2) is 12.3 Å². The summed E-state index contributed by atoms with van der Waals surface area (Å²) >= 11 is 0. The lowest BCUT2D eigenvalue weighted by atomic mass is 9.75. The smallest absolute Gasteiger partial charge is 0.309 e. The number of hydrogen-bond donors (Lipinski definition) is 1. The molecule has 5 nitrogen and oxygen atoms in total. The Morgan fingerprint density at radius 2 is 2.16 bits per heavy atom. The Bertz CT molecular complexity index is 434. The van der Waals surface area contributed by atoms with E-state index in [4.69, 9.17) is 0 Å². The fraction of sp³-hybridized carbons (Fsp3) is 0.714. The molecule has 5 heteroatoms.